The highest BCUT2D eigenvalue weighted by molar-refractivity contribution is 7.89. The first-order valence-corrected chi connectivity index (χ1v) is 26.5. The second kappa shape index (κ2) is 19.6. The second-order valence-corrected chi connectivity index (χ2v) is 22.9. The summed E-state index contributed by atoms with van der Waals surface area (Å²) >= 11 is 0. The molecular weight excluding hydrogens is 937 g/mol. The van der Waals surface area contributed by atoms with Gasteiger partial charge in [-0.05, 0) is 70.3 Å². The number of carbonyl (C=O) groups excluding carboxylic acids is 3. The zero-order valence-corrected chi connectivity index (χ0v) is 40.3. The molecule has 2 atom stereocenters. The van der Waals surface area contributed by atoms with E-state index >= 15 is 0 Å². The molecule has 2 spiro atoms. The number of H-pyrrole nitrogens is 2. The Morgan fingerprint density at radius 1 is 0.559 bits per heavy atom. The van der Waals surface area contributed by atoms with E-state index in [0.717, 1.165) is 11.4 Å². The third kappa shape index (κ3) is 9.78. The Balaban J connectivity index is 0.000000196. The third-order valence-electron chi connectivity index (χ3n) is 13.0. The number of ether oxygens (including phenoxy) is 2. The smallest absolute Gasteiger partial charge is 0.245 e. The highest BCUT2D eigenvalue weighted by Crippen LogP contribution is 2.44. The molecule has 4 aliphatic rings. The van der Waals surface area contributed by atoms with Crippen molar-refractivity contribution in [3.05, 3.63) is 126 Å². The lowest BCUT2D eigenvalue weighted by Crippen LogP contribution is -2.57. The number of piperidine rings is 2. The number of nitrogens with one attached hydrogen (secondary N) is 3. The zero-order valence-electron chi connectivity index (χ0n) is 37.8. The molecule has 0 bridgehead atoms. The summed E-state index contributed by atoms with van der Waals surface area (Å²) in [6.07, 6.45) is 8.72. The van der Waals surface area contributed by atoms with Crippen LogP contribution in [0.3, 0.4) is 0 Å². The van der Waals surface area contributed by atoms with Crippen LogP contribution in [0.4, 0.5) is 0 Å². The first-order valence-electron chi connectivity index (χ1n) is 22.2. The summed E-state index contributed by atoms with van der Waals surface area (Å²) in [4.78, 5) is 49.3. The van der Waals surface area contributed by atoms with Gasteiger partial charge < -0.3 is 24.8 Å². The van der Waals surface area contributed by atoms with E-state index in [4.69, 9.17) is 9.47 Å². The van der Waals surface area contributed by atoms with Gasteiger partial charge in [-0.3, -0.25) is 14.4 Å². The van der Waals surface area contributed by atoms with Crippen molar-refractivity contribution in [3.8, 4) is 0 Å². The Kier molecular flexibility index (Phi) is 14.2. The maximum Gasteiger partial charge on any atom is 0.245 e. The standard InChI is InChI=1S/C27H30N4O7S2.C19H24N4O4S/c1-19(32)21-3-7-25(8-4-21)39(34,35)30-13-11-27(12-14-30)31(24(17-38-27)15-23-16-28-18-29-23)40(36,37)26-9-5-22(6-10-26)20(2)33;1-14(24)15-2-4-18(5-3-15)28(25,26)23-17(10-16-11-21-13-22-16)12-27-19(23)6-8-20-9-7-19/h3-10,16,18,24H,11-15,17H2,1-2H3,(H,28,29);2-5,11,13,17,20H,6-10,12H2,1H3,(H,21,22). The van der Waals surface area contributed by atoms with Crippen molar-refractivity contribution in [2.75, 3.05) is 39.4 Å². The van der Waals surface area contributed by atoms with Gasteiger partial charge in [0.15, 0.2) is 17.3 Å². The predicted molar refractivity (Wildman–Crippen MR) is 247 cm³/mol. The molecule has 0 radical (unpaired) electrons. The van der Waals surface area contributed by atoms with Crippen LogP contribution in [-0.2, 0) is 52.4 Å². The number of hydrogen-bond donors (Lipinski definition) is 3. The highest BCUT2D eigenvalue weighted by atomic mass is 32.2. The summed E-state index contributed by atoms with van der Waals surface area (Å²) in [6.45, 7) is 6.23. The summed E-state index contributed by atoms with van der Waals surface area (Å²) < 4.78 is 98.8. The van der Waals surface area contributed by atoms with E-state index in [2.05, 4.69) is 25.3 Å². The van der Waals surface area contributed by atoms with Crippen LogP contribution in [0, 0.1) is 0 Å². The number of Topliss-reactive ketones (excluding diaryl/α,β-unsaturated/α-hetero) is 3. The Hall–Kier alpha value is -5.30. The lowest BCUT2D eigenvalue weighted by Gasteiger charge is -2.43. The fraction of sp³-hybridized carbons (Fsp3) is 0.413. The van der Waals surface area contributed by atoms with Crippen molar-refractivity contribution in [1.29, 1.82) is 0 Å². The molecule has 3 N–H and O–H groups in total. The van der Waals surface area contributed by atoms with Crippen LogP contribution in [0.15, 0.2) is 113 Å². The van der Waals surface area contributed by atoms with Crippen LogP contribution in [0.25, 0.3) is 0 Å². The fourth-order valence-electron chi connectivity index (χ4n) is 9.43. The van der Waals surface area contributed by atoms with Gasteiger partial charge in [-0.1, -0.05) is 36.4 Å². The average molecular weight is 991 g/mol. The van der Waals surface area contributed by atoms with Crippen LogP contribution >= 0.6 is 0 Å². The zero-order chi connectivity index (χ0) is 48.5. The lowest BCUT2D eigenvalue weighted by molar-refractivity contribution is -0.0816. The minimum absolute atomic E-state index is 0.0256. The van der Waals surface area contributed by atoms with Gasteiger partial charge in [-0.2, -0.15) is 12.9 Å². The molecule has 2 unspecified atom stereocenters. The lowest BCUT2D eigenvalue weighted by atomic mass is 10.0. The molecule has 4 fully saturated rings. The van der Waals surface area contributed by atoms with Crippen LogP contribution in [0.2, 0.25) is 0 Å². The monoisotopic (exact) mass is 990 g/mol. The van der Waals surface area contributed by atoms with E-state index in [1.54, 1.807) is 35.2 Å². The number of rotatable bonds is 13. The maximum absolute atomic E-state index is 14.1. The van der Waals surface area contributed by atoms with E-state index in [9.17, 15) is 39.6 Å². The highest BCUT2D eigenvalue weighted by Gasteiger charge is 2.57. The number of aromatic nitrogens is 4. The molecule has 3 aromatic carbocycles. The third-order valence-corrected chi connectivity index (χ3v) is 18.9. The van der Waals surface area contributed by atoms with Crippen LogP contribution in [0.1, 0.15) is 88.9 Å². The number of ketones is 3. The van der Waals surface area contributed by atoms with Gasteiger partial charge in [-0.25, -0.2) is 35.2 Å². The van der Waals surface area contributed by atoms with Crippen molar-refractivity contribution < 1.29 is 49.1 Å². The average Bonchev–Trinajstić information content (AvgIpc) is 4.17. The molecule has 5 aromatic rings. The molecule has 19 nitrogen and oxygen atoms in total. The summed E-state index contributed by atoms with van der Waals surface area (Å²) in [6, 6.07) is 16.8. The molecule has 2 aromatic heterocycles. The van der Waals surface area contributed by atoms with Crippen molar-refractivity contribution in [2.45, 2.75) is 97.5 Å². The van der Waals surface area contributed by atoms with Crippen molar-refractivity contribution in [2.24, 2.45) is 0 Å². The fourth-order valence-corrected chi connectivity index (χ4v) is 14.7. The van der Waals surface area contributed by atoms with Gasteiger partial charge >= 0.3 is 0 Å². The molecule has 0 aliphatic carbocycles. The Morgan fingerprint density at radius 2 is 0.912 bits per heavy atom. The summed E-state index contributed by atoms with van der Waals surface area (Å²) in [5.41, 5.74) is 0.828. The first kappa shape index (κ1) is 49.1. The Morgan fingerprint density at radius 3 is 1.25 bits per heavy atom. The quantitative estimate of drug-likeness (QED) is 0.141. The van der Waals surface area contributed by atoms with Gasteiger partial charge in [0.05, 0.1) is 52.6 Å². The molecular formula is C46H54N8O11S3. The molecule has 4 saturated heterocycles. The minimum Gasteiger partial charge on any atom is -0.358 e. The molecule has 0 amide bonds. The largest absolute Gasteiger partial charge is 0.358 e. The normalized spacial score (nSPS) is 21.1. The van der Waals surface area contributed by atoms with Crippen LogP contribution in [-0.4, -0.2) is 138 Å². The number of carbonyl (C=O) groups is 3. The number of hydrogen-bond acceptors (Lipinski definition) is 14. The number of sulfonamides is 3. The van der Waals surface area contributed by atoms with E-state index in [1.165, 1.54) is 96.4 Å². The van der Waals surface area contributed by atoms with E-state index in [1.807, 2.05) is 0 Å². The number of aromatic amines is 2. The van der Waals surface area contributed by atoms with Crippen LogP contribution in [0.5, 0.6) is 0 Å². The molecule has 362 valence electrons. The molecule has 68 heavy (non-hydrogen) atoms. The SMILES string of the molecule is CC(=O)c1ccc(S(=O)(=O)N2C(Cc3cnc[nH]3)COC23CCNCC3)cc1.CC(=O)c1ccc(S(=O)(=O)N2CCC3(CC2)OCC(Cc2cnc[nH]2)N3S(=O)(=O)c2ccc(C(C)=O)cc2)cc1. The van der Waals surface area contributed by atoms with Gasteiger partial charge in [-0.15, -0.1) is 0 Å². The second-order valence-electron chi connectivity index (χ2n) is 17.4. The van der Waals surface area contributed by atoms with Gasteiger partial charge in [0.25, 0.3) is 0 Å². The molecule has 0 saturated carbocycles. The van der Waals surface area contributed by atoms with Crippen molar-refractivity contribution >= 4 is 47.4 Å². The summed E-state index contributed by atoms with van der Waals surface area (Å²) in [5.74, 6) is -0.434. The van der Waals surface area contributed by atoms with Gasteiger partial charge in [0.1, 0.15) is 11.4 Å². The topological polar surface area (TPSA) is 251 Å². The van der Waals surface area contributed by atoms with Crippen molar-refractivity contribution in [1.82, 2.24) is 38.2 Å². The minimum atomic E-state index is -4.10. The van der Waals surface area contributed by atoms with E-state index < -0.39 is 47.6 Å². The Labute approximate surface area is 395 Å². The molecule has 22 heteroatoms. The van der Waals surface area contributed by atoms with E-state index in [-0.39, 0.29) is 70.6 Å². The summed E-state index contributed by atoms with van der Waals surface area (Å²) in [5, 5.41) is 3.27. The van der Waals surface area contributed by atoms with Crippen LogP contribution < -0.4 is 5.32 Å². The predicted octanol–water partition coefficient (Wildman–Crippen LogP) is 3.95. The number of imidazole rings is 2. The number of nitrogens with zero attached hydrogens (tertiary/aromatic N) is 5. The summed E-state index contributed by atoms with van der Waals surface area (Å²) in [7, 11) is -11.8. The number of benzene rings is 3. The van der Waals surface area contributed by atoms with Gasteiger partial charge in [0, 0.05) is 92.1 Å². The van der Waals surface area contributed by atoms with E-state index in [0.29, 0.717) is 62.1 Å². The van der Waals surface area contributed by atoms with Crippen molar-refractivity contribution in [3.63, 3.8) is 0 Å². The van der Waals surface area contributed by atoms with Gasteiger partial charge in [0.2, 0.25) is 30.1 Å². The maximum atomic E-state index is 14.1. The molecule has 9 rings (SSSR count). The first-order chi connectivity index (χ1) is 32.4. The molecule has 6 heterocycles. The Bertz CT molecular complexity index is 2940. The molecule has 4 aliphatic heterocycles.